The smallest absolute Gasteiger partial charge is 0.265 e. The lowest BCUT2D eigenvalue weighted by atomic mass is 10.1. The molecule has 0 saturated carbocycles. The van der Waals surface area contributed by atoms with Gasteiger partial charge in [0.1, 0.15) is 11.6 Å². The van der Waals surface area contributed by atoms with Crippen molar-refractivity contribution in [1.29, 1.82) is 0 Å². The van der Waals surface area contributed by atoms with Crippen LogP contribution in [-0.2, 0) is 16.1 Å². The molecule has 2 aromatic carbocycles. The highest BCUT2D eigenvalue weighted by Crippen LogP contribution is 2.35. The Bertz CT molecular complexity index is 1080. The Hall–Kier alpha value is -3.19. The summed E-state index contributed by atoms with van der Waals surface area (Å²) in [6.07, 6.45) is 1.09. The van der Waals surface area contributed by atoms with E-state index < -0.39 is 6.10 Å². The quantitative estimate of drug-likeness (QED) is 0.668. The molecule has 1 fully saturated rings. The summed E-state index contributed by atoms with van der Waals surface area (Å²) in [5.74, 6) is 0.317. The molecule has 1 saturated heterocycles. The molecule has 0 N–H and O–H groups in total. The summed E-state index contributed by atoms with van der Waals surface area (Å²) >= 11 is 0. The molecular weight excluding hydrogens is 385 g/mol. The van der Waals surface area contributed by atoms with Crippen molar-refractivity contribution in [2.45, 2.75) is 12.6 Å². The van der Waals surface area contributed by atoms with Crippen LogP contribution in [0.3, 0.4) is 0 Å². The van der Waals surface area contributed by atoms with Crippen molar-refractivity contribution in [2.75, 3.05) is 37.7 Å². The van der Waals surface area contributed by atoms with Crippen LogP contribution in [0.25, 0.3) is 10.9 Å². The fourth-order valence-corrected chi connectivity index (χ4v) is 4.13. The van der Waals surface area contributed by atoms with E-state index in [1.807, 2.05) is 30.3 Å². The summed E-state index contributed by atoms with van der Waals surface area (Å²) in [6.45, 7) is 3.04. The second kappa shape index (κ2) is 7.91. The van der Waals surface area contributed by atoms with E-state index in [0.717, 1.165) is 22.2 Å². The van der Waals surface area contributed by atoms with Gasteiger partial charge in [0.25, 0.3) is 5.91 Å². The molecule has 0 radical (unpaired) electrons. The van der Waals surface area contributed by atoms with Crippen LogP contribution in [0.2, 0.25) is 0 Å². The summed E-state index contributed by atoms with van der Waals surface area (Å²) in [7, 11) is 0. The van der Waals surface area contributed by atoms with Crippen LogP contribution in [-0.4, -0.2) is 54.7 Å². The van der Waals surface area contributed by atoms with Gasteiger partial charge in [0.05, 0.1) is 31.0 Å². The maximum Gasteiger partial charge on any atom is 0.265 e. The second-order valence-electron chi connectivity index (χ2n) is 7.53. The molecule has 2 aliphatic rings. The van der Waals surface area contributed by atoms with Gasteiger partial charge in [-0.1, -0.05) is 18.2 Å². The number of hydrogen-bond donors (Lipinski definition) is 0. The lowest BCUT2D eigenvalue weighted by Crippen LogP contribution is -2.52. The summed E-state index contributed by atoms with van der Waals surface area (Å²) in [5.41, 5.74) is 2.43. The number of benzene rings is 2. The average Bonchev–Trinajstić information content (AvgIpc) is 2.79. The summed E-state index contributed by atoms with van der Waals surface area (Å²) in [6, 6.07) is 14.3. The SMILES string of the molecule is O=C([C@H]1CN(Cc2cc(F)cc3cccnc23)c2ccccc2O1)N1CCOCC1. The molecule has 0 spiro atoms. The van der Waals surface area contributed by atoms with Gasteiger partial charge in [-0.15, -0.1) is 0 Å². The van der Waals surface area contributed by atoms with Gasteiger partial charge in [-0.2, -0.15) is 0 Å². The number of hydrogen-bond acceptors (Lipinski definition) is 5. The number of amides is 1. The van der Waals surface area contributed by atoms with Crippen LogP contribution in [0.15, 0.2) is 54.7 Å². The van der Waals surface area contributed by atoms with E-state index in [4.69, 9.17) is 9.47 Å². The maximum absolute atomic E-state index is 14.3. The number of ether oxygens (including phenoxy) is 2. The van der Waals surface area contributed by atoms with Gasteiger partial charge in [0.15, 0.2) is 6.10 Å². The molecule has 0 bridgehead atoms. The van der Waals surface area contributed by atoms with Crippen molar-refractivity contribution in [3.8, 4) is 5.75 Å². The zero-order chi connectivity index (χ0) is 20.5. The van der Waals surface area contributed by atoms with Crippen LogP contribution >= 0.6 is 0 Å². The Balaban J connectivity index is 1.47. The van der Waals surface area contributed by atoms with Crippen molar-refractivity contribution < 1.29 is 18.7 Å². The number of halogens is 1. The van der Waals surface area contributed by atoms with E-state index in [9.17, 15) is 9.18 Å². The zero-order valence-electron chi connectivity index (χ0n) is 16.5. The summed E-state index contributed by atoms with van der Waals surface area (Å²) < 4.78 is 25.7. The third-order valence-electron chi connectivity index (χ3n) is 5.57. The van der Waals surface area contributed by atoms with Crippen LogP contribution in [0, 0.1) is 5.82 Å². The number of fused-ring (bicyclic) bond motifs is 2. The lowest BCUT2D eigenvalue weighted by Gasteiger charge is -2.38. The molecule has 3 aromatic rings. The van der Waals surface area contributed by atoms with Crippen molar-refractivity contribution >= 4 is 22.5 Å². The van der Waals surface area contributed by atoms with E-state index >= 15 is 0 Å². The molecule has 1 atom stereocenters. The van der Waals surface area contributed by atoms with Crippen molar-refractivity contribution in [1.82, 2.24) is 9.88 Å². The summed E-state index contributed by atoms with van der Waals surface area (Å²) in [4.78, 5) is 21.4. The highest BCUT2D eigenvalue weighted by molar-refractivity contribution is 5.84. The molecule has 30 heavy (non-hydrogen) atoms. The van der Waals surface area contributed by atoms with E-state index in [-0.39, 0.29) is 11.7 Å². The first kappa shape index (κ1) is 18.8. The first-order valence-electron chi connectivity index (χ1n) is 10.1. The van der Waals surface area contributed by atoms with Crippen LogP contribution in [0.4, 0.5) is 10.1 Å². The number of pyridine rings is 1. The molecule has 7 heteroatoms. The second-order valence-corrected chi connectivity index (χ2v) is 7.53. The van der Waals surface area contributed by atoms with Gasteiger partial charge < -0.3 is 19.3 Å². The van der Waals surface area contributed by atoms with E-state index in [0.29, 0.717) is 45.1 Å². The molecular formula is C23H22FN3O3. The zero-order valence-corrected chi connectivity index (χ0v) is 16.5. The van der Waals surface area contributed by atoms with Gasteiger partial charge in [0, 0.05) is 36.8 Å². The number of morpholine rings is 1. The molecule has 5 rings (SSSR count). The van der Waals surface area contributed by atoms with E-state index in [2.05, 4.69) is 9.88 Å². The molecule has 0 aliphatic carbocycles. The van der Waals surface area contributed by atoms with Crippen LogP contribution in [0.1, 0.15) is 5.56 Å². The fourth-order valence-electron chi connectivity index (χ4n) is 4.13. The molecule has 1 amide bonds. The molecule has 1 aromatic heterocycles. The predicted octanol–water partition coefficient (Wildman–Crippen LogP) is 3.00. The van der Waals surface area contributed by atoms with E-state index in [1.54, 1.807) is 17.2 Å². The van der Waals surface area contributed by atoms with Gasteiger partial charge in [-0.05, 0) is 30.3 Å². The number of anilines is 1. The number of aromatic nitrogens is 1. The van der Waals surface area contributed by atoms with Gasteiger partial charge in [-0.3, -0.25) is 9.78 Å². The molecule has 0 unspecified atom stereocenters. The Kier molecular flexibility index (Phi) is 4.96. The Morgan fingerprint density at radius 1 is 1.13 bits per heavy atom. The molecule has 6 nitrogen and oxygen atoms in total. The minimum Gasteiger partial charge on any atom is -0.477 e. The van der Waals surface area contributed by atoms with E-state index in [1.165, 1.54) is 12.1 Å². The Morgan fingerprint density at radius 3 is 2.83 bits per heavy atom. The number of carbonyl (C=O) groups excluding carboxylic acids is 1. The Labute approximate surface area is 173 Å². The maximum atomic E-state index is 14.3. The minimum atomic E-state index is -0.620. The van der Waals surface area contributed by atoms with Crippen molar-refractivity contribution in [3.63, 3.8) is 0 Å². The van der Waals surface area contributed by atoms with Gasteiger partial charge in [-0.25, -0.2) is 4.39 Å². The van der Waals surface area contributed by atoms with Crippen molar-refractivity contribution in [2.24, 2.45) is 0 Å². The highest BCUT2D eigenvalue weighted by atomic mass is 19.1. The van der Waals surface area contributed by atoms with Gasteiger partial charge >= 0.3 is 0 Å². The Morgan fingerprint density at radius 2 is 1.97 bits per heavy atom. The predicted molar refractivity (Wildman–Crippen MR) is 111 cm³/mol. The fraction of sp³-hybridized carbons (Fsp3) is 0.304. The number of para-hydroxylation sites is 2. The first-order valence-corrected chi connectivity index (χ1v) is 10.1. The molecule has 2 aliphatic heterocycles. The molecule has 154 valence electrons. The average molecular weight is 407 g/mol. The first-order chi connectivity index (χ1) is 14.7. The monoisotopic (exact) mass is 407 g/mol. The third-order valence-corrected chi connectivity index (χ3v) is 5.57. The molecule has 3 heterocycles. The van der Waals surface area contributed by atoms with Crippen molar-refractivity contribution in [3.05, 3.63) is 66.1 Å². The number of rotatable bonds is 3. The normalized spacial score (nSPS) is 18.8. The number of nitrogens with zero attached hydrogens (tertiary/aromatic N) is 3. The number of carbonyl (C=O) groups is 1. The van der Waals surface area contributed by atoms with Crippen LogP contribution < -0.4 is 9.64 Å². The van der Waals surface area contributed by atoms with Crippen LogP contribution in [0.5, 0.6) is 5.75 Å². The minimum absolute atomic E-state index is 0.0416. The lowest BCUT2D eigenvalue weighted by molar-refractivity contribution is -0.142. The largest absolute Gasteiger partial charge is 0.477 e. The highest BCUT2D eigenvalue weighted by Gasteiger charge is 2.34. The topological polar surface area (TPSA) is 54.9 Å². The van der Waals surface area contributed by atoms with Gasteiger partial charge in [0.2, 0.25) is 0 Å². The standard InChI is InChI=1S/C23H22FN3O3/c24-18-12-16-4-3-7-25-22(16)17(13-18)14-27-15-21(23(28)26-8-10-29-11-9-26)30-20-6-2-1-5-19(20)27/h1-7,12-13,21H,8-11,14-15H2/t21-/m1/s1. The summed E-state index contributed by atoms with van der Waals surface area (Å²) in [5, 5.41) is 0.759. The third kappa shape index (κ3) is 3.57.